The van der Waals surface area contributed by atoms with E-state index in [0.717, 1.165) is 18.0 Å². The molecule has 2 bridgehead atoms. The molecule has 2 aliphatic rings. The topological polar surface area (TPSA) is 3.24 Å². The van der Waals surface area contributed by atoms with Crippen LogP contribution in [0.1, 0.15) is 32.6 Å². The lowest BCUT2D eigenvalue weighted by Crippen LogP contribution is -2.29. The second-order valence-corrected chi connectivity index (χ2v) is 3.99. The molecule has 0 aromatic carbocycles. The van der Waals surface area contributed by atoms with Crippen LogP contribution in [0.3, 0.4) is 0 Å². The Bertz CT molecular complexity index is 115. The average molecular weight is 139 g/mol. The van der Waals surface area contributed by atoms with E-state index in [4.69, 9.17) is 0 Å². The smallest absolute Gasteiger partial charge is 0.00983 e. The first-order valence-electron chi connectivity index (χ1n) is 4.51. The molecule has 0 spiro atoms. The van der Waals surface area contributed by atoms with Crippen molar-refractivity contribution in [2.75, 3.05) is 7.05 Å². The number of likely N-dealkylation sites (tertiary alicyclic amines) is 1. The van der Waals surface area contributed by atoms with Crippen LogP contribution in [0.2, 0.25) is 0 Å². The van der Waals surface area contributed by atoms with Gasteiger partial charge in [0.15, 0.2) is 0 Å². The lowest BCUT2D eigenvalue weighted by molar-refractivity contribution is 0.247. The molecule has 1 nitrogen and oxygen atoms in total. The van der Waals surface area contributed by atoms with Gasteiger partial charge < -0.3 is 4.90 Å². The molecule has 0 aromatic heterocycles. The monoisotopic (exact) mass is 139 g/mol. The van der Waals surface area contributed by atoms with Gasteiger partial charge in [-0.05, 0) is 39.2 Å². The second kappa shape index (κ2) is 2.23. The first-order valence-corrected chi connectivity index (χ1v) is 4.51. The Kier molecular flexibility index (Phi) is 1.48. The molecule has 0 N–H and O–H groups in total. The van der Waals surface area contributed by atoms with Crippen molar-refractivity contribution < 1.29 is 0 Å². The van der Waals surface area contributed by atoms with E-state index >= 15 is 0 Å². The maximum Gasteiger partial charge on any atom is 0.00983 e. The standard InChI is InChI=1S/C9H17N/c1-7-8-4-3-5-9(6-8)10(7)2/h7-9H,3-6H2,1-2H3. The third kappa shape index (κ3) is 0.800. The number of hydrogen-bond acceptors (Lipinski definition) is 1. The minimum Gasteiger partial charge on any atom is -0.300 e. The summed E-state index contributed by atoms with van der Waals surface area (Å²) in [6.07, 6.45) is 5.90. The Morgan fingerprint density at radius 1 is 1.30 bits per heavy atom. The molecule has 1 saturated heterocycles. The molecule has 10 heavy (non-hydrogen) atoms. The zero-order valence-electron chi connectivity index (χ0n) is 7.01. The van der Waals surface area contributed by atoms with Crippen LogP contribution in [0.5, 0.6) is 0 Å². The zero-order chi connectivity index (χ0) is 7.14. The third-order valence-corrected chi connectivity index (χ3v) is 3.59. The second-order valence-electron chi connectivity index (χ2n) is 3.99. The molecule has 2 rings (SSSR count). The summed E-state index contributed by atoms with van der Waals surface area (Å²) < 4.78 is 0. The van der Waals surface area contributed by atoms with Crippen molar-refractivity contribution in [2.24, 2.45) is 5.92 Å². The molecule has 0 radical (unpaired) electrons. The summed E-state index contributed by atoms with van der Waals surface area (Å²) in [6, 6.07) is 1.81. The summed E-state index contributed by atoms with van der Waals surface area (Å²) in [7, 11) is 2.29. The van der Waals surface area contributed by atoms with Crippen LogP contribution in [0.4, 0.5) is 0 Å². The Hall–Kier alpha value is -0.0400. The van der Waals surface area contributed by atoms with E-state index in [-0.39, 0.29) is 0 Å². The van der Waals surface area contributed by atoms with Gasteiger partial charge in [-0.25, -0.2) is 0 Å². The van der Waals surface area contributed by atoms with Crippen molar-refractivity contribution in [3.8, 4) is 0 Å². The molecule has 2 fully saturated rings. The molecule has 0 aromatic rings. The quantitative estimate of drug-likeness (QED) is 0.495. The van der Waals surface area contributed by atoms with Gasteiger partial charge in [-0.2, -0.15) is 0 Å². The summed E-state index contributed by atoms with van der Waals surface area (Å²) in [4.78, 5) is 2.58. The van der Waals surface area contributed by atoms with Gasteiger partial charge >= 0.3 is 0 Å². The molecular formula is C9H17N. The van der Waals surface area contributed by atoms with Crippen molar-refractivity contribution in [3.05, 3.63) is 0 Å². The third-order valence-electron chi connectivity index (χ3n) is 3.59. The zero-order valence-corrected chi connectivity index (χ0v) is 7.01. The van der Waals surface area contributed by atoms with Crippen molar-refractivity contribution >= 4 is 0 Å². The van der Waals surface area contributed by atoms with E-state index in [0.29, 0.717) is 0 Å². The Morgan fingerprint density at radius 2 is 2.10 bits per heavy atom. The van der Waals surface area contributed by atoms with Gasteiger partial charge in [-0.1, -0.05) is 6.42 Å². The van der Waals surface area contributed by atoms with Crippen LogP contribution in [0, 0.1) is 5.92 Å². The van der Waals surface area contributed by atoms with Crippen molar-refractivity contribution in [1.82, 2.24) is 4.90 Å². The van der Waals surface area contributed by atoms with E-state index in [1.54, 1.807) is 0 Å². The van der Waals surface area contributed by atoms with Crippen LogP contribution >= 0.6 is 0 Å². The van der Waals surface area contributed by atoms with E-state index in [2.05, 4.69) is 18.9 Å². The fourth-order valence-electron chi connectivity index (χ4n) is 2.67. The molecule has 1 aliphatic heterocycles. The Morgan fingerprint density at radius 3 is 2.70 bits per heavy atom. The van der Waals surface area contributed by atoms with Crippen molar-refractivity contribution in [1.29, 1.82) is 0 Å². The van der Waals surface area contributed by atoms with Crippen LogP contribution in [0.25, 0.3) is 0 Å². The molecule has 58 valence electrons. The van der Waals surface area contributed by atoms with Gasteiger partial charge in [-0.3, -0.25) is 0 Å². The number of nitrogens with zero attached hydrogens (tertiary/aromatic N) is 1. The van der Waals surface area contributed by atoms with Gasteiger partial charge in [0.25, 0.3) is 0 Å². The van der Waals surface area contributed by atoms with Crippen LogP contribution in [-0.2, 0) is 0 Å². The van der Waals surface area contributed by atoms with Gasteiger partial charge in [0.1, 0.15) is 0 Å². The summed E-state index contributed by atoms with van der Waals surface area (Å²) in [5, 5.41) is 0. The highest BCUT2D eigenvalue weighted by molar-refractivity contribution is 4.92. The maximum atomic E-state index is 2.58. The molecule has 1 heterocycles. The lowest BCUT2D eigenvalue weighted by atomic mass is 9.88. The SMILES string of the molecule is CC1C2CCCC(C2)N1C. The highest BCUT2D eigenvalue weighted by Gasteiger charge is 2.38. The normalized spacial score (nSPS) is 48.0. The van der Waals surface area contributed by atoms with Crippen LogP contribution in [0.15, 0.2) is 0 Å². The molecule has 3 atom stereocenters. The minimum absolute atomic E-state index is 0.868. The predicted molar refractivity (Wildman–Crippen MR) is 43.0 cm³/mol. The molecule has 3 unspecified atom stereocenters. The molecule has 0 amide bonds. The van der Waals surface area contributed by atoms with E-state index in [9.17, 15) is 0 Å². The Labute approximate surface area is 63.4 Å². The highest BCUT2D eigenvalue weighted by atomic mass is 15.2. The van der Waals surface area contributed by atoms with Gasteiger partial charge in [0.05, 0.1) is 0 Å². The summed E-state index contributed by atoms with van der Waals surface area (Å²) >= 11 is 0. The fourth-order valence-corrected chi connectivity index (χ4v) is 2.67. The van der Waals surface area contributed by atoms with Gasteiger partial charge in [0, 0.05) is 12.1 Å². The van der Waals surface area contributed by atoms with Crippen LogP contribution < -0.4 is 0 Å². The highest BCUT2D eigenvalue weighted by Crippen LogP contribution is 2.38. The molecular weight excluding hydrogens is 122 g/mol. The Balaban J connectivity index is 2.13. The molecule has 1 aliphatic carbocycles. The van der Waals surface area contributed by atoms with Gasteiger partial charge in [-0.15, -0.1) is 0 Å². The van der Waals surface area contributed by atoms with E-state index < -0.39 is 0 Å². The number of fused-ring (bicyclic) bond motifs is 2. The average Bonchev–Trinajstić information content (AvgIpc) is 2.17. The summed E-state index contributed by atoms with van der Waals surface area (Å²) in [5.41, 5.74) is 0. The van der Waals surface area contributed by atoms with Crippen molar-refractivity contribution in [3.63, 3.8) is 0 Å². The van der Waals surface area contributed by atoms with Crippen molar-refractivity contribution in [2.45, 2.75) is 44.7 Å². The fraction of sp³-hybridized carbons (Fsp3) is 1.00. The van der Waals surface area contributed by atoms with Crippen LogP contribution in [-0.4, -0.2) is 24.0 Å². The summed E-state index contributed by atoms with van der Waals surface area (Å²) in [5.74, 6) is 1.03. The van der Waals surface area contributed by atoms with E-state index in [1.807, 2.05) is 0 Å². The first kappa shape index (κ1) is 6.66. The lowest BCUT2D eigenvalue weighted by Gasteiger charge is -2.21. The maximum absolute atomic E-state index is 2.58. The van der Waals surface area contributed by atoms with E-state index in [1.165, 1.54) is 25.7 Å². The number of rotatable bonds is 0. The summed E-state index contributed by atoms with van der Waals surface area (Å²) in [6.45, 7) is 2.38. The van der Waals surface area contributed by atoms with Gasteiger partial charge in [0.2, 0.25) is 0 Å². The molecule has 1 heteroatoms. The largest absolute Gasteiger partial charge is 0.300 e. The molecule has 1 saturated carbocycles. The minimum atomic E-state index is 0.868. The first-order chi connectivity index (χ1) is 4.79. The number of hydrogen-bond donors (Lipinski definition) is 0. The predicted octanol–water partition coefficient (Wildman–Crippen LogP) is 1.88.